The van der Waals surface area contributed by atoms with Crippen molar-refractivity contribution in [2.24, 2.45) is 5.92 Å². The standard InChI is InChI=1S/C20H26N2O4S/c23-16-11-26-17-6-3-8-22(18(16)17)20(25)15(10-13-4-1-2-5-13)21-19(24)14-7-9-27-12-14/h7,9,12-13,15,17-18H,1-6,8,10-11H2,(H,21,24)/t15-,17+,18+/m0/s1. The Kier molecular flexibility index (Phi) is 5.59. The lowest BCUT2D eigenvalue weighted by Crippen LogP contribution is -2.58. The Bertz CT molecular complexity index is 699. The molecular formula is C20H26N2O4S. The van der Waals surface area contributed by atoms with Gasteiger partial charge in [-0.05, 0) is 36.6 Å². The third-order valence-electron chi connectivity index (χ3n) is 6.06. The number of piperidine rings is 1. The normalized spacial score (nSPS) is 26.8. The smallest absolute Gasteiger partial charge is 0.252 e. The average molecular weight is 391 g/mol. The highest BCUT2D eigenvalue weighted by atomic mass is 32.1. The number of nitrogens with one attached hydrogen (secondary N) is 1. The van der Waals surface area contributed by atoms with Crippen molar-refractivity contribution < 1.29 is 19.1 Å². The van der Waals surface area contributed by atoms with Crippen LogP contribution in [0, 0.1) is 5.92 Å². The van der Waals surface area contributed by atoms with E-state index < -0.39 is 12.1 Å². The molecule has 2 saturated heterocycles. The summed E-state index contributed by atoms with van der Waals surface area (Å²) in [6.07, 6.45) is 6.68. The fraction of sp³-hybridized carbons (Fsp3) is 0.650. The van der Waals surface area contributed by atoms with Crippen LogP contribution in [0.25, 0.3) is 0 Å². The van der Waals surface area contributed by atoms with Crippen molar-refractivity contribution >= 4 is 28.9 Å². The Morgan fingerprint density at radius 1 is 1.26 bits per heavy atom. The first-order chi connectivity index (χ1) is 13.1. The summed E-state index contributed by atoms with van der Waals surface area (Å²) in [6, 6.07) is 0.713. The van der Waals surface area contributed by atoms with Crippen LogP contribution in [0.2, 0.25) is 0 Å². The van der Waals surface area contributed by atoms with E-state index in [-0.39, 0.29) is 30.3 Å². The first-order valence-electron chi connectivity index (χ1n) is 9.91. The van der Waals surface area contributed by atoms with Crippen LogP contribution in [0.5, 0.6) is 0 Å². The highest BCUT2D eigenvalue weighted by Crippen LogP contribution is 2.31. The number of thiophene rings is 1. The van der Waals surface area contributed by atoms with Crippen LogP contribution in [0.3, 0.4) is 0 Å². The van der Waals surface area contributed by atoms with Gasteiger partial charge in [0.1, 0.15) is 18.7 Å². The van der Waals surface area contributed by atoms with Gasteiger partial charge >= 0.3 is 0 Å². The highest BCUT2D eigenvalue weighted by molar-refractivity contribution is 7.08. The monoisotopic (exact) mass is 390 g/mol. The molecule has 1 N–H and O–H groups in total. The van der Waals surface area contributed by atoms with Crippen LogP contribution in [0.1, 0.15) is 55.3 Å². The molecule has 0 spiro atoms. The van der Waals surface area contributed by atoms with E-state index in [0.29, 0.717) is 24.4 Å². The van der Waals surface area contributed by atoms with Crippen molar-refractivity contribution in [2.75, 3.05) is 13.2 Å². The zero-order valence-electron chi connectivity index (χ0n) is 15.4. The lowest BCUT2D eigenvalue weighted by Gasteiger charge is -2.38. The first kappa shape index (κ1) is 18.6. The second-order valence-electron chi connectivity index (χ2n) is 7.86. The molecule has 1 aromatic heterocycles. The van der Waals surface area contributed by atoms with E-state index in [1.807, 2.05) is 5.38 Å². The zero-order chi connectivity index (χ0) is 18.8. The molecular weight excluding hydrogens is 364 g/mol. The number of Topliss-reactive ketones (excluding diaryl/α,β-unsaturated/α-hetero) is 1. The lowest BCUT2D eigenvalue weighted by molar-refractivity contribution is -0.142. The number of hydrogen-bond donors (Lipinski definition) is 1. The van der Waals surface area contributed by atoms with Gasteiger partial charge in [0.25, 0.3) is 5.91 Å². The summed E-state index contributed by atoms with van der Waals surface area (Å²) in [5.41, 5.74) is 0.584. The fourth-order valence-electron chi connectivity index (χ4n) is 4.67. The van der Waals surface area contributed by atoms with Crippen LogP contribution >= 0.6 is 11.3 Å². The molecule has 1 saturated carbocycles. The largest absolute Gasteiger partial charge is 0.368 e. The molecule has 1 aliphatic carbocycles. The molecule has 3 heterocycles. The van der Waals surface area contributed by atoms with Crippen LogP contribution in [-0.2, 0) is 14.3 Å². The minimum Gasteiger partial charge on any atom is -0.368 e. The molecule has 27 heavy (non-hydrogen) atoms. The number of likely N-dealkylation sites (tertiary alicyclic amines) is 1. The summed E-state index contributed by atoms with van der Waals surface area (Å²) in [4.78, 5) is 40.0. The third-order valence-corrected chi connectivity index (χ3v) is 6.74. The fourth-order valence-corrected chi connectivity index (χ4v) is 5.31. The van der Waals surface area contributed by atoms with E-state index in [0.717, 1.165) is 25.7 Å². The van der Waals surface area contributed by atoms with Gasteiger partial charge in [0, 0.05) is 11.9 Å². The Hall–Kier alpha value is -1.73. The zero-order valence-corrected chi connectivity index (χ0v) is 16.2. The van der Waals surface area contributed by atoms with Crippen molar-refractivity contribution in [3.05, 3.63) is 22.4 Å². The molecule has 0 radical (unpaired) electrons. The van der Waals surface area contributed by atoms with Crippen molar-refractivity contribution in [1.82, 2.24) is 10.2 Å². The summed E-state index contributed by atoms with van der Waals surface area (Å²) in [6.45, 7) is 0.651. The number of nitrogens with zero attached hydrogens (tertiary/aromatic N) is 1. The van der Waals surface area contributed by atoms with E-state index in [4.69, 9.17) is 4.74 Å². The third kappa shape index (κ3) is 3.94. The number of amides is 2. The van der Waals surface area contributed by atoms with E-state index >= 15 is 0 Å². The molecule has 3 atom stereocenters. The Labute approximate surface area is 163 Å². The summed E-state index contributed by atoms with van der Waals surface area (Å²) in [5, 5.41) is 6.61. The van der Waals surface area contributed by atoms with Gasteiger partial charge in [-0.15, -0.1) is 0 Å². The summed E-state index contributed by atoms with van der Waals surface area (Å²) < 4.78 is 5.57. The molecule has 4 rings (SSSR count). The molecule has 0 bridgehead atoms. The maximum absolute atomic E-state index is 13.4. The predicted molar refractivity (Wildman–Crippen MR) is 102 cm³/mol. The first-order valence-corrected chi connectivity index (χ1v) is 10.9. The van der Waals surface area contributed by atoms with Gasteiger partial charge in [-0.3, -0.25) is 14.4 Å². The van der Waals surface area contributed by atoms with E-state index in [1.54, 1.807) is 16.3 Å². The highest BCUT2D eigenvalue weighted by Gasteiger charge is 2.46. The van der Waals surface area contributed by atoms with Crippen LogP contribution in [-0.4, -0.2) is 53.8 Å². The molecule has 3 fully saturated rings. The maximum atomic E-state index is 13.4. The molecule has 0 unspecified atom stereocenters. The maximum Gasteiger partial charge on any atom is 0.252 e. The minimum absolute atomic E-state index is 0.0168. The molecule has 2 aliphatic heterocycles. The van der Waals surface area contributed by atoms with Gasteiger partial charge in [0.2, 0.25) is 5.91 Å². The minimum atomic E-state index is -0.576. The van der Waals surface area contributed by atoms with Crippen LogP contribution in [0.4, 0.5) is 0 Å². The SMILES string of the molecule is O=C(N[C@@H](CC1CCCC1)C(=O)N1CCC[C@H]2OCC(=O)[C@H]21)c1ccsc1. The van der Waals surface area contributed by atoms with Crippen molar-refractivity contribution in [1.29, 1.82) is 0 Å². The van der Waals surface area contributed by atoms with Crippen LogP contribution in [0.15, 0.2) is 16.8 Å². The number of ether oxygens (including phenoxy) is 1. The molecule has 7 heteroatoms. The number of hydrogen-bond acceptors (Lipinski definition) is 5. The van der Waals surface area contributed by atoms with E-state index in [2.05, 4.69) is 5.32 Å². The molecule has 1 aromatic rings. The van der Waals surface area contributed by atoms with Gasteiger partial charge in [0.05, 0.1) is 11.7 Å². The van der Waals surface area contributed by atoms with Gasteiger partial charge in [-0.1, -0.05) is 25.7 Å². The summed E-state index contributed by atoms with van der Waals surface area (Å²) in [5.74, 6) is 0.101. The van der Waals surface area contributed by atoms with Gasteiger partial charge < -0.3 is 15.0 Å². The number of fused-ring (bicyclic) bond motifs is 1. The van der Waals surface area contributed by atoms with Gasteiger partial charge in [-0.25, -0.2) is 0 Å². The van der Waals surface area contributed by atoms with Gasteiger partial charge in [0.15, 0.2) is 5.78 Å². The predicted octanol–water partition coefficient (Wildman–Crippen LogP) is 2.39. The van der Waals surface area contributed by atoms with Crippen LogP contribution < -0.4 is 5.32 Å². The lowest BCUT2D eigenvalue weighted by atomic mass is 9.93. The van der Waals surface area contributed by atoms with Crippen molar-refractivity contribution in [2.45, 2.75) is 63.1 Å². The number of carbonyl (C=O) groups excluding carboxylic acids is 3. The number of rotatable bonds is 5. The topological polar surface area (TPSA) is 75.7 Å². The second-order valence-corrected chi connectivity index (χ2v) is 8.64. The quantitative estimate of drug-likeness (QED) is 0.838. The Morgan fingerprint density at radius 2 is 2.07 bits per heavy atom. The molecule has 2 amide bonds. The van der Waals surface area contributed by atoms with E-state index in [9.17, 15) is 14.4 Å². The van der Waals surface area contributed by atoms with Crippen molar-refractivity contribution in [3.8, 4) is 0 Å². The number of carbonyl (C=O) groups is 3. The Balaban J connectivity index is 1.52. The Morgan fingerprint density at radius 3 is 2.81 bits per heavy atom. The molecule has 3 aliphatic rings. The molecule has 0 aromatic carbocycles. The summed E-state index contributed by atoms with van der Waals surface area (Å²) >= 11 is 1.46. The van der Waals surface area contributed by atoms with Gasteiger partial charge in [-0.2, -0.15) is 11.3 Å². The molecule has 146 valence electrons. The number of ketones is 1. The molecule has 6 nitrogen and oxygen atoms in total. The van der Waals surface area contributed by atoms with Crippen molar-refractivity contribution in [3.63, 3.8) is 0 Å². The second kappa shape index (κ2) is 8.10. The van der Waals surface area contributed by atoms with E-state index in [1.165, 1.54) is 24.2 Å². The average Bonchev–Trinajstić information content (AvgIpc) is 3.43. The summed E-state index contributed by atoms with van der Waals surface area (Å²) in [7, 11) is 0.